The number of methoxy groups -OCH3 is 1. The summed E-state index contributed by atoms with van der Waals surface area (Å²) in [4.78, 5) is 21.1. The number of fused-ring (bicyclic) bond motifs is 2. The minimum absolute atomic E-state index is 0.180. The molecule has 1 saturated heterocycles. The average Bonchev–Trinajstić information content (AvgIpc) is 3.00. The summed E-state index contributed by atoms with van der Waals surface area (Å²) in [6, 6.07) is 13.3. The Morgan fingerprint density at radius 1 is 1.18 bits per heavy atom. The molecule has 1 fully saturated rings. The van der Waals surface area contributed by atoms with Crippen molar-refractivity contribution < 1.29 is 14.3 Å². The van der Waals surface area contributed by atoms with Gasteiger partial charge in [0.1, 0.15) is 11.9 Å². The smallest absolute Gasteiger partial charge is 0.325 e. The standard InChI is InChI=1S/C24H30ClN5O3/c1-32-24(31)19(26)16-33-14-4-9-29-10-12-30(13-11-29)23-18-5-2-3-6-20(18)27-21-8-7-17(25)15-22(21)28-23/h2-3,5-8,15,19,27H,4,9-14,16,26H2,1H3. The van der Waals surface area contributed by atoms with Crippen molar-refractivity contribution in [3.05, 3.63) is 53.1 Å². The molecule has 0 amide bonds. The zero-order valence-electron chi connectivity index (χ0n) is 18.8. The molecule has 2 aliphatic rings. The molecule has 3 N–H and O–H groups in total. The summed E-state index contributed by atoms with van der Waals surface area (Å²) in [5.41, 5.74) is 9.62. The number of piperazine rings is 1. The van der Waals surface area contributed by atoms with Gasteiger partial charge in [-0.2, -0.15) is 0 Å². The van der Waals surface area contributed by atoms with Gasteiger partial charge in [-0.05, 0) is 36.8 Å². The topological polar surface area (TPSA) is 92.4 Å². The van der Waals surface area contributed by atoms with Gasteiger partial charge in [-0.3, -0.25) is 9.69 Å². The fourth-order valence-electron chi connectivity index (χ4n) is 4.05. The van der Waals surface area contributed by atoms with Gasteiger partial charge in [-0.15, -0.1) is 0 Å². The third-order valence-electron chi connectivity index (χ3n) is 5.86. The van der Waals surface area contributed by atoms with Crippen molar-refractivity contribution in [2.24, 2.45) is 10.7 Å². The maximum Gasteiger partial charge on any atom is 0.325 e. The number of para-hydroxylation sites is 1. The lowest BCUT2D eigenvalue weighted by atomic mass is 10.1. The van der Waals surface area contributed by atoms with Crippen LogP contribution in [0, 0.1) is 0 Å². The van der Waals surface area contributed by atoms with Gasteiger partial charge in [0.15, 0.2) is 0 Å². The van der Waals surface area contributed by atoms with Crippen LogP contribution in [-0.2, 0) is 14.3 Å². The van der Waals surface area contributed by atoms with Crippen molar-refractivity contribution in [3.63, 3.8) is 0 Å². The number of amidine groups is 1. The normalized spacial score (nSPS) is 16.7. The van der Waals surface area contributed by atoms with Gasteiger partial charge in [0.05, 0.1) is 25.1 Å². The second kappa shape index (κ2) is 11.0. The van der Waals surface area contributed by atoms with Crippen LogP contribution in [-0.4, -0.2) is 80.7 Å². The summed E-state index contributed by atoms with van der Waals surface area (Å²) in [6.07, 6.45) is 0.882. The van der Waals surface area contributed by atoms with Gasteiger partial charge in [0, 0.05) is 55.6 Å². The van der Waals surface area contributed by atoms with Crippen LogP contribution in [0.25, 0.3) is 0 Å². The number of carbonyl (C=O) groups is 1. The van der Waals surface area contributed by atoms with E-state index in [4.69, 9.17) is 27.1 Å². The van der Waals surface area contributed by atoms with E-state index in [0.717, 1.165) is 67.6 Å². The Balaban J connectivity index is 1.34. The quantitative estimate of drug-likeness (QED) is 0.473. The number of carbonyl (C=O) groups excluding carboxylic acids is 1. The predicted octanol–water partition coefficient (Wildman–Crippen LogP) is 3.00. The monoisotopic (exact) mass is 471 g/mol. The van der Waals surface area contributed by atoms with Crippen LogP contribution in [0.3, 0.4) is 0 Å². The van der Waals surface area contributed by atoms with Crippen molar-refractivity contribution in [2.45, 2.75) is 12.5 Å². The summed E-state index contributed by atoms with van der Waals surface area (Å²) in [7, 11) is 1.32. The van der Waals surface area contributed by atoms with E-state index in [1.54, 1.807) is 0 Å². The van der Waals surface area contributed by atoms with E-state index in [1.807, 2.05) is 30.3 Å². The Labute approximate surface area is 199 Å². The van der Waals surface area contributed by atoms with Crippen molar-refractivity contribution in [1.29, 1.82) is 0 Å². The van der Waals surface area contributed by atoms with Crippen molar-refractivity contribution >= 4 is 40.5 Å². The van der Waals surface area contributed by atoms with Crippen LogP contribution in [0.15, 0.2) is 47.5 Å². The van der Waals surface area contributed by atoms with Crippen molar-refractivity contribution in [1.82, 2.24) is 9.80 Å². The molecule has 33 heavy (non-hydrogen) atoms. The van der Waals surface area contributed by atoms with Gasteiger partial charge < -0.3 is 25.4 Å². The highest BCUT2D eigenvalue weighted by Crippen LogP contribution is 2.36. The molecule has 2 heterocycles. The Bertz CT molecular complexity index is 1010. The number of nitrogens with one attached hydrogen (secondary N) is 1. The minimum Gasteiger partial charge on any atom is -0.468 e. The van der Waals surface area contributed by atoms with Gasteiger partial charge in [-0.1, -0.05) is 23.7 Å². The zero-order valence-corrected chi connectivity index (χ0v) is 19.6. The molecular weight excluding hydrogens is 442 g/mol. The highest BCUT2D eigenvalue weighted by molar-refractivity contribution is 6.31. The highest BCUT2D eigenvalue weighted by Gasteiger charge is 2.25. The van der Waals surface area contributed by atoms with Gasteiger partial charge in [0.25, 0.3) is 0 Å². The summed E-state index contributed by atoms with van der Waals surface area (Å²) in [6.45, 7) is 5.34. The van der Waals surface area contributed by atoms with E-state index in [0.29, 0.717) is 11.6 Å². The van der Waals surface area contributed by atoms with Crippen LogP contribution in [0.1, 0.15) is 12.0 Å². The Hall–Kier alpha value is -2.65. The molecule has 0 bridgehead atoms. The number of ether oxygens (including phenoxy) is 2. The SMILES string of the molecule is COC(=O)C(N)COCCCN1CCN(C2=Nc3cc(Cl)ccc3Nc3ccccc32)CC1. The molecule has 1 atom stereocenters. The molecule has 2 aliphatic heterocycles. The zero-order chi connectivity index (χ0) is 23.2. The molecule has 0 spiro atoms. The first-order valence-corrected chi connectivity index (χ1v) is 11.6. The molecule has 0 radical (unpaired) electrons. The molecular formula is C24H30ClN5O3. The number of benzene rings is 2. The Morgan fingerprint density at radius 2 is 1.97 bits per heavy atom. The largest absolute Gasteiger partial charge is 0.468 e. The maximum absolute atomic E-state index is 11.3. The first kappa shape index (κ1) is 23.5. The third kappa shape index (κ3) is 5.83. The molecule has 9 heteroatoms. The number of halogens is 1. The lowest BCUT2D eigenvalue weighted by molar-refractivity contribution is -0.143. The number of nitrogens with two attached hydrogens (primary N) is 1. The number of anilines is 2. The first-order valence-electron chi connectivity index (χ1n) is 11.2. The second-order valence-electron chi connectivity index (χ2n) is 8.15. The van der Waals surface area contributed by atoms with Gasteiger partial charge in [-0.25, -0.2) is 4.99 Å². The predicted molar refractivity (Wildman–Crippen MR) is 131 cm³/mol. The van der Waals surface area contributed by atoms with Gasteiger partial charge in [0.2, 0.25) is 0 Å². The molecule has 2 aromatic carbocycles. The fraction of sp³-hybridized carbons (Fsp3) is 0.417. The molecule has 0 aliphatic carbocycles. The summed E-state index contributed by atoms with van der Waals surface area (Å²) in [5.74, 6) is 0.521. The molecule has 1 unspecified atom stereocenters. The summed E-state index contributed by atoms with van der Waals surface area (Å²) >= 11 is 6.25. The maximum atomic E-state index is 11.3. The van der Waals surface area contributed by atoms with E-state index in [1.165, 1.54) is 7.11 Å². The number of hydrogen-bond donors (Lipinski definition) is 2. The van der Waals surface area contributed by atoms with Crippen molar-refractivity contribution in [3.8, 4) is 0 Å². The van der Waals surface area contributed by atoms with Crippen molar-refractivity contribution in [2.75, 3.05) is 58.4 Å². The molecule has 8 nitrogen and oxygen atoms in total. The second-order valence-corrected chi connectivity index (χ2v) is 8.59. The average molecular weight is 472 g/mol. The van der Waals surface area contributed by atoms with Crippen LogP contribution in [0.2, 0.25) is 5.02 Å². The van der Waals surface area contributed by atoms with Crippen LogP contribution >= 0.6 is 11.6 Å². The van der Waals surface area contributed by atoms with Crippen LogP contribution in [0.5, 0.6) is 0 Å². The first-order chi connectivity index (χ1) is 16.0. The van der Waals surface area contributed by atoms with E-state index < -0.39 is 12.0 Å². The van der Waals surface area contributed by atoms with Crippen LogP contribution < -0.4 is 11.1 Å². The number of nitrogens with zero attached hydrogens (tertiary/aromatic N) is 3. The number of rotatable bonds is 7. The number of aliphatic imine (C=N–C) groups is 1. The fourth-order valence-corrected chi connectivity index (χ4v) is 4.22. The lowest BCUT2D eigenvalue weighted by Gasteiger charge is -2.36. The minimum atomic E-state index is -0.726. The van der Waals surface area contributed by atoms with Crippen LogP contribution in [0.4, 0.5) is 17.1 Å². The molecule has 2 aromatic rings. The van der Waals surface area contributed by atoms with E-state index in [-0.39, 0.29) is 6.61 Å². The molecule has 0 saturated carbocycles. The van der Waals surface area contributed by atoms with E-state index in [9.17, 15) is 4.79 Å². The molecule has 176 valence electrons. The lowest BCUT2D eigenvalue weighted by Crippen LogP contribution is -2.49. The Morgan fingerprint density at radius 3 is 2.76 bits per heavy atom. The van der Waals surface area contributed by atoms with Gasteiger partial charge >= 0.3 is 5.97 Å². The number of esters is 1. The number of hydrogen-bond acceptors (Lipinski definition) is 8. The highest BCUT2D eigenvalue weighted by atomic mass is 35.5. The third-order valence-corrected chi connectivity index (χ3v) is 6.09. The van der Waals surface area contributed by atoms with E-state index >= 15 is 0 Å². The Kier molecular flexibility index (Phi) is 7.82. The molecule has 0 aromatic heterocycles. The molecule has 4 rings (SSSR count). The summed E-state index contributed by atoms with van der Waals surface area (Å²) < 4.78 is 10.1. The summed E-state index contributed by atoms with van der Waals surface area (Å²) in [5, 5.41) is 4.17. The van der Waals surface area contributed by atoms with E-state index in [2.05, 4.69) is 32.0 Å².